The maximum Gasteiger partial charge on any atom is 0.264 e. The Kier molecular flexibility index (Phi) is 3.57. The number of hydrogen-bond acceptors (Lipinski definition) is 5. The summed E-state index contributed by atoms with van der Waals surface area (Å²) in [5, 5.41) is 9.94. The van der Waals surface area contributed by atoms with Gasteiger partial charge in [-0.05, 0) is 36.0 Å². The van der Waals surface area contributed by atoms with Crippen LogP contribution in [0.25, 0.3) is 6.08 Å². The normalized spacial score (nSPS) is 16.9. The van der Waals surface area contributed by atoms with Crippen LogP contribution < -0.4 is 14.8 Å². The van der Waals surface area contributed by atoms with E-state index in [0.29, 0.717) is 16.4 Å². The van der Waals surface area contributed by atoms with Crippen LogP contribution in [0.2, 0.25) is 0 Å². The summed E-state index contributed by atoms with van der Waals surface area (Å²) in [6.45, 7) is 0. The summed E-state index contributed by atoms with van der Waals surface area (Å²) in [5.74, 6) is 1.06. The van der Waals surface area contributed by atoms with Crippen LogP contribution in [0, 0.1) is 5.41 Å². The van der Waals surface area contributed by atoms with Gasteiger partial charge in [0.25, 0.3) is 5.91 Å². The van der Waals surface area contributed by atoms with Crippen molar-refractivity contribution in [2.75, 3.05) is 14.2 Å². The largest absolute Gasteiger partial charge is 0.497 e. The van der Waals surface area contributed by atoms with E-state index >= 15 is 0 Å². The number of carbonyl (C=O) groups excluding carboxylic acids is 1. The second-order valence-electron chi connectivity index (χ2n) is 3.50. The van der Waals surface area contributed by atoms with Crippen LogP contribution in [0.4, 0.5) is 0 Å². The fourth-order valence-corrected chi connectivity index (χ4v) is 2.23. The minimum Gasteiger partial charge on any atom is -0.497 e. The molecule has 1 saturated heterocycles. The number of amidine groups is 1. The van der Waals surface area contributed by atoms with Gasteiger partial charge in [0, 0.05) is 5.56 Å². The molecule has 0 aromatic heterocycles. The van der Waals surface area contributed by atoms with Crippen molar-refractivity contribution in [1.29, 1.82) is 5.41 Å². The van der Waals surface area contributed by atoms with E-state index in [1.54, 1.807) is 38.5 Å². The molecule has 1 aliphatic heterocycles. The zero-order valence-corrected chi connectivity index (χ0v) is 10.8. The third-order valence-corrected chi connectivity index (χ3v) is 3.22. The third-order valence-electron chi connectivity index (χ3n) is 2.39. The molecule has 1 fully saturated rings. The number of ether oxygens (including phenoxy) is 2. The highest BCUT2D eigenvalue weighted by molar-refractivity contribution is 8.18. The molecule has 18 heavy (non-hydrogen) atoms. The molecule has 0 bridgehead atoms. The highest BCUT2D eigenvalue weighted by Gasteiger charge is 2.22. The van der Waals surface area contributed by atoms with Gasteiger partial charge in [-0.25, -0.2) is 0 Å². The van der Waals surface area contributed by atoms with Crippen molar-refractivity contribution in [2.45, 2.75) is 0 Å². The number of rotatable bonds is 3. The monoisotopic (exact) mass is 264 g/mol. The van der Waals surface area contributed by atoms with E-state index < -0.39 is 0 Å². The summed E-state index contributed by atoms with van der Waals surface area (Å²) < 4.78 is 10.4. The standard InChI is InChI=1S/C12H12N2O3S/c1-16-8-3-4-9(17-2)7(5-8)6-10-11(15)14-12(13)18-10/h3-6H,1-2H3,(H2,13,14,15). The first-order valence-corrected chi connectivity index (χ1v) is 5.97. The van der Waals surface area contributed by atoms with Crippen LogP contribution in [0.5, 0.6) is 11.5 Å². The van der Waals surface area contributed by atoms with E-state index in [1.165, 1.54) is 0 Å². The van der Waals surface area contributed by atoms with E-state index in [4.69, 9.17) is 14.9 Å². The lowest BCUT2D eigenvalue weighted by Crippen LogP contribution is -2.18. The second-order valence-corrected chi connectivity index (χ2v) is 4.55. The van der Waals surface area contributed by atoms with Gasteiger partial charge in [0.05, 0.1) is 19.1 Å². The van der Waals surface area contributed by atoms with E-state index in [-0.39, 0.29) is 11.1 Å². The predicted molar refractivity (Wildman–Crippen MR) is 71.0 cm³/mol. The molecule has 0 unspecified atom stereocenters. The number of benzene rings is 1. The minimum absolute atomic E-state index is 0.133. The van der Waals surface area contributed by atoms with Crippen molar-refractivity contribution in [3.63, 3.8) is 0 Å². The predicted octanol–water partition coefficient (Wildman–Crippen LogP) is 1.84. The molecule has 2 N–H and O–H groups in total. The molecule has 0 saturated carbocycles. The van der Waals surface area contributed by atoms with E-state index in [1.807, 2.05) is 0 Å². The van der Waals surface area contributed by atoms with Crippen molar-refractivity contribution >= 4 is 28.9 Å². The molecule has 1 aromatic carbocycles. The van der Waals surface area contributed by atoms with Gasteiger partial charge in [-0.3, -0.25) is 10.2 Å². The van der Waals surface area contributed by atoms with E-state index in [0.717, 1.165) is 17.3 Å². The number of amides is 1. The maximum atomic E-state index is 11.5. The van der Waals surface area contributed by atoms with Gasteiger partial charge in [-0.1, -0.05) is 0 Å². The fraction of sp³-hybridized carbons (Fsp3) is 0.167. The van der Waals surface area contributed by atoms with Gasteiger partial charge in [-0.15, -0.1) is 0 Å². The summed E-state index contributed by atoms with van der Waals surface area (Å²) in [7, 11) is 3.14. The van der Waals surface area contributed by atoms with Crippen LogP contribution >= 0.6 is 11.8 Å². The lowest BCUT2D eigenvalue weighted by molar-refractivity contribution is -0.115. The number of nitrogens with one attached hydrogen (secondary N) is 2. The quantitative estimate of drug-likeness (QED) is 0.817. The van der Waals surface area contributed by atoms with Crippen LogP contribution in [-0.4, -0.2) is 25.3 Å². The maximum absolute atomic E-state index is 11.5. The van der Waals surface area contributed by atoms with Gasteiger partial charge in [-0.2, -0.15) is 0 Å². The van der Waals surface area contributed by atoms with Crippen molar-refractivity contribution in [2.24, 2.45) is 0 Å². The molecule has 2 rings (SSSR count). The highest BCUT2D eigenvalue weighted by Crippen LogP contribution is 2.30. The Labute approximate surface area is 109 Å². The number of thioether (sulfide) groups is 1. The van der Waals surface area contributed by atoms with E-state index in [2.05, 4.69) is 5.32 Å². The van der Waals surface area contributed by atoms with Gasteiger partial charge < -0.3 is 14.8 Å². The molecule has 1 aromatic rings. The Bertz CT molecular complexity index is 540. The van der Waals surface area contributed by atoms with Crippen LogP contribution in [-0.2, 0) is 4.79 Å². The van der Waals surface area contributed by atoms with E-state index in [9.17, 15) is 4.79 Å². The summed E-state index contributed by atoms with van der Waals surface area (Å²) in [4.78, 5) is 12.0. The van der Waals surface area contributed by atoms with Gasteiger partial charge >= 0.3 is 0 Å². The molecule has 0 radical (unpaired) electrons. The smallest absolute Gasteiger partial charge is 0.264 e. The number of hydrogen-bond donors (Lipinski definition) is 2. The van der Waals surface area contributed by atoms with Gasteiger partial charge in [0.1, 0.15) is 11.5 Å². The van der Waals surface area contributed by atoms with Gasteiger partial charge in [0.15, 0.2) is 5.17 Å². The number of carbonyl (C=O) groups is 1. The fourth-order valence-electron chi connectivity index (χ4n) is 1.53. The molecule has 0 spiro atoms. The molecule has 0 aliphatic carbocycles. The molecular formula is C12H12N2O3S. The Morgan fingerprint density at radius 1 is 1.33 bits per heavy atom. The number of methoxy groups -OCH3 is 2. The Balaban J connectivity index is 2.40. The van der Waals surface area contributed by atoms with Crippen LogP contribution in [0.1, 0.15) is 5.56 Å². The molecule has 1 amide bonds. The SMILES string of the molecule is COc1ccc(OC)c(C=C2SC(=N)NC2=O)c1. The third kappa shape index (κ3) is 2.48. The second kappa shape index (κ2) is 5.14. The molecule has 94 valence electrons. The summed E-state index contributed by atoms with van der Waals surface area (Å²) in [5.41, 5.74) is 0.740. The van der Waals surface area contributed by atoms with Crippen molar-refractivity contribution < 1.29 is 14.3 Å². The summed E-state index contributed by atoms with van der Waals surface area (Å²) in [6, 6.07) is 5.33. The first-order chi connectivity index (χ1) is 8.63. The lowest BCUT2D eigenvalue weighted by Gasteiger charge is -2.07. The first kappa shape index (κ1) is 12.5. The van der Waals surface area contributed by atoms with Crippen LogP contribution in [0.15, 0.2) is 23.1 Å². The molecule has 1 aliphatic rings. The minimum atomic E-state index is -0.269. The zero-order valence-electron chi connectivity index (χ0n) is 9.94. The first-order valence-electron chi connectivity index (χ1n) is 5.15. The van der Waals surface area contributed by atoms with Crippen molar-refractivity contribution in [1.82, 2.24) is 5.32 Å². The molecule has 6 heteroatoms. The molecular weight excluding hydrogens is 252 g/mol. The Hall–Kier alpha value is -1.95. The molecule has 5 nitrogen and oxygen atoms in total. The molecule has 1 heterocycles. The Morgan fingerprint density at radius 3 is 2.67 bits per heavy atom. The highest BCUT2D eigenvalue weighted by atomic mass is 32.2. The topological polar surface area (TPSA) is 71.4 Å². The average Bonchev–Trinajstić information content (AvgIpc) is 2.67. The van der Waals surface area contributed by atoms with Crippen molar-refractivity contribution in [3.05, 3.63) is 28.7 Å². The van der Waals surface area contributed by atoms with Crippen LogP contribution in [0.3, 0.4) is 0 Å². The average molecular weight is 264 g/mol. The molecule has 0 atom stereocenters. The summed E-state index contributed by atoms with van der Waals surface area (Å²) in [6.07, 6.45) is 1.68. The lowest BCUT2D eigenvalue weighted by atomic mass is 10.1. The van der Waals surface area contributed by atoms with Gasteiger partial charge in [0.2, 0.25) is 0 Å². The van der Waals surface area contributed by atoms with Crippen molar-refractivity contribution in [3.8, 4) is 11.5 Å². The zero-order chi connectivity index (χ0) is 13.1. The Morgan fingerprint density at radius 2 is 2.11 bits per heavy atom. The summed E-state index contributed by atoms with van der Waals surface area (Å²) >= 11 is 1.09.